The van der Waals surface area contributed by atoms with Crippen LogP contribution in [-0.2, 0) is 20.4 Å². The molecule has 0 spiro atoms. The molecule has 0 aliphatic rings. The molecule has 1 unspecified atom stereocenters. The average Bonchev–Trinajstić information content (AvgIpc) is 2.56. The van der Waals surface area contributed by atoms with Crippen LogP contribution in [0, 0.1) is 0 Å². The van der Waals surface area contributed by atoms with Crippen molar-refractivity contribution >= 4 is 8.32 Å². The Balaban J connectivity index is 2.25. The van der Waals surface area contributed by atoms with E-state index in [-0.39, 0.29) is 5.04 Å². The Kier molecular flexibility index (Phi) is 9.05. The fraction of sp³-hybridized carbons (Fsp3) is 0.667. The molecule has 25 heavy (non-hydrogen) atoms. The molecule has 7 heteroatoms. The van der Waals surface area contributed by atoms with Gasteiger partial charge in [-0.2, -0.15) is 0 Å². The molecule has 1 aromatic rings. The second-order valence-corrected chi connectivity index (χ2v) is 12.2. The third-order valence-corrected chi connectivity index (χ3v) is 9.05. The van der Waals surface area contributed by atoms with Crippen LogP contribution >= 0.6 is 0 Å². The van der Waals surface area contributed by atoms with Gasteiger partial charge < -0.3 is 18.6 Å². The smallest absolute Gasteiger partial charge is 0.228 e. The average molecular weight is 371 g/mol. The van der Waals surface area contributed by atoms with Crippen LogP contribution in [0.1, 0.15) is 26.3 Å². The highest BCUT2D eigenvalue weighted by Crippen LogP contribution is 2.36. The van der Waals surface area contributed by atoms with Crippen molar-refractivity contribution in [3.63, 3.8) is 0 Å². The predicted octanol–water partition coefficient (Wildman–Crippen LogP) is 3.26. The van der Waals surface area contributed by atoms with Crippen LogP contribution in [0.15, 0.2) is 24.3 Å². The third-order valence-electron chi connectivity index (χ3n) is 4.51. The number of methoxy groups -OCH3 is 2. The van der Waals surface area contributed by atoms with E-state index in [1.165, 1.54) is 0 Å². The van der Waals surface area contributed by atoms with E-state index in [1.54, 1.807) is 14.2 Å². The number of ether oxygens (including phenoxy) is 3. The molecule has 0 bridgehead atoms. The van der Waals surface area contributed by atoms with Crippen molar-refractivity contribution in [3.05, 3.63) is 29.8 Å². The number of hydrogen-bond donors (Lipinski definition) is 2. The van der Waals surface area contributed by atoms with Crippen molar-refractivity contribution in [2.75, 3.05) is 27.4 Å². The van der Waals surface area contributed by atoms with Crippen molar-refractivity contribution < 1.29 is 18.6 Å². The van der Waals surface area contributed by atoms with Crippen LogP contribution < -0.4 is 15.6 Å². The summed E-state index contributed by atoms with van der Waals surface area (Å²) < 4.78 is 22.1. The molecule has 6 nitrogen and oxygen atoms in total. The van der Waals surface area contributed by atoms with E-state index in [4.69, 9.17) is 18.6 Å². The normalized spacial score (nSPS) is 13.7. The lowest BCUT2D eigenvalue weighted by Gasteiger charge is -2.36. The number of benzene rings is 1. The van der Waals surface area contributed by atoms with E-state index in [0.717, 1.165) is 11.3 Å². The molecule has 0 aromatic heterocycles. The van der Waals surface area contributed by atoms with Crippen LogP contribution in [0.2, 0.25) is 18.1 Å². The lowest BCUT2D eigenvalue weighted by Crippen LogP contribution is -2.45. The molecule has 0 heterocycles. The summed E-state index contributed by atoms with van der Waals surface area (Å²) in [5.41, 5.74) is 7.23. The topological polar surface area (TPSA) is 61.0 Å². The Labute approximate surface area is 153 Å². The first-order valence-electron chi connectivity index (χ1n) is 8.59. The van der Waals surface area contributed by atoms with E-state index in [0.29, 0.717) is 19.8 Å². The molecule has 0 radical (unpaired) electrons. The van der Waals surface area contributed by atoms with Gasteiger partial charge in [0, 0.05) is 13.7 Å². The van der Waals surface area contributed by atoms with Crippen molar-refractivity contribution in [2.24, 2.45) is 0 Å². The van der Waals surface area contributed by atoms with Gasteiger partial charge in [-0.15, -0.1) is 0 Å². The largest absolute Gasteiger partial charge is 0.497 e. The van der Waals surface area contributed by atoms with Crippen LogP contribution in [0.25, 0.3) is 0 Å². The zero-order valence-corrected chi connectivity index (χ0v) is 17.6. The van der Waals surface area contributed by atoms with Gasteiger partial charge in [0.25, 0.3) is 0 Å². The molecule has 0 saturated heterocycles. The fourth-order valence-corrected chi connectivity index (χ4v) is 2.84. The minimum atomic E-state index is -1.73. The summed E-state index contributed by atoms with van der Waals surface area (Å²) in [5, 5.41) is 0.200. The molecule has 2 N–H and O–H groups in total. The Morgan fingerprint density at radius 2 is 1.68 bits per heavy atom. The summed E-state index contributed by atoms with van der Waals surface area (Å²) in [4.78, 5) is 0. The Bertz CT molecular complexity index is 489. The first kappa shape index (κ1) is 22.1. The molecule has 1 atom stereocenters. The fourth-order valence-electron chi connectivity index (χ4n) is 1.82. The molecule has 0 saturated carbocycles. The van der Waals surface area contributed by atoms with Crippen molar-refractivity contribution in [1.29, 1.82) is 0 Å². The highest BCUT2D eigenvalue weighted by atomic mass is 28.4. The van der Waals surface area contributed by atoms with Crippen LogP contribution in [0.5, 0.6) is 5.75 Å². The highest BCUT2D eigenvalue weighted by molar-refractivity contribution is 6.74. The highest BCUT2D eigenvalue weighted by Gasteiger charge is 2.36. The second kappa shape index (κ2) is 10.3. The maximum absolute atomic E-state index is 6.08. The number of hydrogen-bond acceptors (Lipinski definition) is 6. The van der Waals surface area contributed by atoms with Gasteiger partial charge in [-0.1, -0.05) is 32.9 Å². The Hall–Kier alpha value is -0.963. The van der Waals surface area contributed by atoms with Gasteiger partial charge in [0.1, 0.15) is 5.75 Å². The van der Waals surface area contributed by atoms with E-state index in [2.05, 4.69) is 44.7 Å². The minimum Gasteiger partial charge on any atom is -0.497 e. The molecule has 1 rings (SSSR count). The molecule has 0 amide bonds. The minimum absolute atomic E-state index is 0.200. The zero-order valence-electron chi connectivity index (χ0n) is 16.6. The van der Waals surface area contributed by atoms with Gasteiger partial charge in [0.2, 0.25) is 6.41 Å². The number of rotatable bonds is 11. The molecular weight excluding hydrogens is 336 g/mol. The number of nitrogens with one attached hydrogen (secondary N) is 2. The summed E-state index contributed by atoms with van der Waals surface area (Å²) >= 11 is 0. The van der Waals surface area contributed by atoms with E-state index in [9.17, 15) is 0 Å². The molecule has 0 aliphatic carbocycles. The van der Waals surface area contributed by atoms with Crippen molar-refractivity contribution in [3.8, 4) is 5.75 Å². The monoisotopic (exact) mass is 370 g/mol. The van der Waals surface area contributed by atoms with Crippen molar-refractivity contribution in [1.82, 2.24) is 10.9 Å². The maximum Gasteiger partial charge on any atom is 0.228 e. The zero-order chi connectivity index (χ0) is 18.9. The summed E-state index contributed by atoms with van der Waals surface area (Å²) in [7, 11) is 1.52. The van der Waals surface area contributed by atoms with E-state index < -0.39 is 14.7 Å². The van der Waals surface area contributed by atoms with E-state index >= 15 is 0 Å². The van der Waals surface area contributed by atoms with Crippen molar-refractivity contribution in [2.45, 2.75) is 51.9 Å². The molecule has 0 aliphatic heterocycles. The van der Waals surface area contributed by atoms with Gasteiger partial charge in [0.05, 0.1) is 20.3 Å². The molecule has 0 fully saturated rings. The van der Waals surface area contributed by atoms with Gasteiger partial charge >= 0.3 is 0 Å². The van der Waals surface area contributed by atoms with Gasteiger partial charge in [-0.3, -0.25) is 0 Å². The SMILES string of the molecule is COc1ccc(CNNC(OC)OCCO[Si](C)(C)C(C)(C)C)cc1. The third kappa shape index (κ3) is 7.85. The van der Waals surface area contributed by atoms with Crippen LogP contribution in [0.4, 0.5) is 0 Å². The first-order valence-corrected chi connectivity index (χ1v) is 11.5. The first-order chi connectivity index (χ1) is 11.7. The Morgan fingerprint density at radius 1 is 1.04 bits per heavy atom. The van der Waals surface area contributed by atoms with Gasteiger partial charge in [0.15, 0.2) is 8.32 Å². The summed E-state index contributed by atoms with van der Waals surface area (Å²) in [6.45, 7) is 12.8. The lowest BCUT2D eigenvalue weighted by molar-refractivity contribution is -0.154. The quantitative estimate of drug-likeness (QED) is 0.270. The van der Waals surface area contributed by atoms with Gasteiger partial charge in [-0.25, -0.2) is 10.9 Å². The summed E-state index contributed by atoms with van der Waals surface area (Å²) in [5.74, 6) is 0.844. The lowest BCUT2D eigenvalue weighted by atomic mass is 10.2. The molecule has 144 valence electrons. The maximum atomic E-state index is 6.08. The number of hydrazine groups is 1. The van der Waals surface area contributed by atoms with E-state index in [1.807, 2.05) is 24.3 Å². The van der Waals surface area contributed by atoms with Crippen LogP contribution in [-0.4, -0.2) is 42.2 Å². The molecule has 1 aromatic carbocycles. The second-order valence-electron chi connectivity index (χ2n) is 7.39. The standard InChI is InChI=1S/C18H34N2O4Si/c1-18(2,3)25(6,7)24-13-12-23-17(22-5)20-19-14-15-8-10-16(21-4)11-9-15/h8-11,17,19-20H,12-14H2,1-7H3. The van der Waals surface area contributed by atoms with Crippen LogP contribution in [0.3, 0.4) is 0 Å². The predicted molar refractivity (Wildman–Crippen MR) is 103 cm³/mol. The van der Waals surface area contributed by atoms with Gasteiger partial charge in [-0.05, 0) is 35.8 Å². The molecular formula is C18H34N2O4Si. The summed E-state index contributed by atoms with van der Waals surface area (Å²) in [6, 6.07) is 7.87. The summed E-state index contributed by atoms with van der Waals surface area (Å²) in [6.07, 6.45) is -0.527. The Morgan fingerprint density at radius 3 is 2.20 bits per heavy atom.